The zero-order valence-corrected chi connectivity index (χ0v) is 14.5. The Hall–Kier alpha value is -5.82. The summed E-state index contributed by atoms with van der Waals surface area (Å²) in [5, 5.41) is 42.8. The van der Waals surface area contributed by atoms with Gasteiger partial charge in [0, 0.05) is 0 Å². The molecule has 2 N–H and O–H groups in total. The maximum Gasteiger partial charge on any atom is 0.248 e. The summed E-state index contributed by atoms with van der Waals surface area (Å²) in [7, 11) is 0. The van der Waals surface area contributed by atoms with Crippen molar-refractivity contribution in [1.29, 1.82) is 21.0 Å². The summed E-state index contributed by atoms with van der Waals surface area (Å²) in [6.07, 6.45) is 0. The lowest BCUT2D eigenvalue weighted by molar-refractivity contribution is 1.17. The molecule has 1 aromatic carbocycles. The predicted molar refractivity (Wildman–Crippen MR) is 99.0 cm³/mol. The Morgan fingerprint density at radius 1 is 0.567 bits per heavy atom. The zero-order valence-electron chi connectivity index (χ0n) is 14.5. The van der Waals surface area contributed by atoms with E-state index in [0.29, 0.717) is 0 Å². The molecule has 0 bridgehead atoms. The Morgan fingerprint density at radius 3 is 1.13 bits per heavy atom. The third-order valence-corrected chi connectivity index (χ3v) is 4.10. The molecule has 12 nitrogen and oxygen atoms in total. The Bertz CT molecular complexity index is 1480. The minimum absolute atomic E-state index is 0.0395. The van der Waals surface area contributed by atoms with Gasteiger partial charge in [-0.25, -0.2) is 19.9 Å². The summed E-state index contributed by atoms with van der Waals surface area (Å²) in [5.41, 5.74) is -0.443. The molecule has 0 atom stereocenters. The van der Waals surface area contributed by atoms with Crippen LogP contribution in [0.3, 0.4) is 0 Å². The second-order valence-corrected chi connectivity index (χ2v) is 5.60. The summed E-state index contributed by atoms with van der Waals surface area (Å²) in [4.78, 5) is 23.2. The largest absolute Gasteiger partial charge is 0.373 e. The minimum atomic E-state index is -0.262. The van der Waals surface area contributed by atoms with Crippen LogP contribution in [0, 0.1) is 58.5 Å². The van der Waals surface area contributed by atoms with E-state index in [4.69, 9.17) is 13.1 Å². The molecule has 0 saturated heterocycles. The smallest absolute Gasteiger partial charge is 0.248 e. The normalized spacial score (nSPS) is 11.5. The van der Waals surface area contributed by atoms with E-state index in [2.05, 4.69) is 40.3 Å². The van der Waals surface area contributed by atoms with E-state index in [0.717, 1.165) is 0 Å². The molecule has 0 unspecified atom stereocenters. The third kappa shape index (κ3) is 2.27. The molecule has 1 aliphatic rings. The molecule has 4 rings (SSSR count). The maximum atomic E-state index is 9.31. The number of fused-ring (bicyclic) bond motifs is 6. The average molecular weight is 386 g/mol. The molecular weight excluding hydrogens is 384 g/mol. The van der Waals surface area contributed by atoms with Crippen molar-refractivity contribution in [3.8, 4) is 24.3 Å². The van der Waals surface area contributed by atoms with Crippen LogP contribution in [0.5, 0.6) is 0 Å². The summed E-state index contributed by atoms with van der Waals surface area (Å²) in [5.74, 6) is -0.241. The number of nitrogens with zero attached hydrogens (tertiary/aromatic N) is 10. The number of benzene rings is 1. The number of anilines is 2. The van der Waals surface area contributed by atoms with Crippen LogP contribution in [-0.2, 0) is 0 Å². The van der Waals surface area contributed by atoms with Gasteiger partial charge in [-0.3, -0.25) is 0 Å². The van der Waals surface area contributed by atoms with E-state index in [-0.39, 0.29) is 67.9 Å². The van der Waals surface area contributed by atoms with Crippen molar-refractivity contribution in [1.82, 2.24) is 19.9 Å². The number of nitrogens with one attached hydrogen (secondary N) is 2. The van der Waals surface area contributed by atoms with Gasteiger partial charge in [-0.1, -0.05) is 13.1 Å². The third-order valence-electron chi connectivity index (χ3n) is 4.10. The van der Waals surface area contributed by atoms with Gasteiger partial charge in [-0.05, 0) is 0 Å². The van der Waals surface area contributed by atoms with Gasteiger partial charge < -0.3 is 20.3 Å². The van der Waals surface area contributed by atoms with E-state index in [1.54, 1.807) is 24.3 Å². The van der Waals surface area contributed by atoms with Gasteiger partial charge in [0.1, 0.15) is 46.3 Å². The number of nitriles is 4. The first-order chi connectivity index (χ1) is 14.6. The van der Waals surface area contributed by atoms with Crippen LogP contribution >= 0.6 is 0 Å². The minimum Gasteiger partial charge on any atom is -0.373 e. The van der Waals surface area contributed by atoms with Gasteiger partial charge in [0.25, 0.3) is 0 Å². The van der Waals surface area contributed by atoms with Gasteiger partial charge >= 0.3 is 0 Å². The lowest BCUT2D eigenvalue weighted by Gasteiger charge is -2.19. The second-order valence-electron chi connectivity index (χ2n) is 5.60. The number of rotatable bonds is 0. The van der Waals surface area contributed by atoms with E-state index in [1.165, 1.54) is 0 Å². The number of aromatic nitrogens is 4. The monoisotopic (exact) mass is 386 g/mol. The topological polar surface area (TPSA) is 179 Å². The molecule has 0 aliphatic carbocycles. The van der Waals surface area contributed by atoms with Crippen molar-refractivity contribution in [2.45, 2.75) is 0 Å². The Morgan fingerprint density at radius 2 is 0.867 bits per heavy atom. The first-order valence-corrected chi connectivity index (χ1v) is 7.83. The Kier molecular flexibility index (Phi) is 3.76. The quantitative estimate of drug-likeness (QED) is 0.427. The summed E-state index contributed by atoms with van der Waals surface area (Å²) < 4.78 is 0. The fourth-order valence-corrected chi connectivity index (χ4v) is 2.86. The Labute approximate surface area is 167 Å². The highest BCUT2D eigenvalue weighted by Crippen LogP contribution is 2.42. The first-order valence-electron chi connectivity index (χ1n) is 7.83. The molecule has 3 aromatic rings. The molecule has 30 heavy (non-hydrogen) atoms. The van der Waals surface area contributed by atoms with Crippen molar-refractivity contribution >= 4 is 33.4 Å². The summed E-state index contributed by atoms with van der Waals surface area (Å²) >= 11 is 0. The highest BCUT2D eigenvalue weighted by Gasteiger charge is 2.30. The molecule has 0 saturated carbocycles. The van der Waals surface area contributed by atoms with E-state index in [9.17, 15) is 21.0 Å². The van der Waals surface area contributed by atoms with Crippen LogP contribution in [0.25, 0.3) is 31.8 Å². The number of hydrogen-bond acceptors (Lipinski definition) is 10. The highest BCUT2D eigenvalue weighted by atomic mass is 15.2. The molecule has 0 fully saturated rings. The first kappa shape index (κ1) is 17.6. The van der Waals surface area contributed by atoms with Crippen molar-refractivity contribution in [2.24, 2.45) is 0 Å². The number of hydrogen-bond donors (Lipinski definition) is 2. The molecule has 1 aliphatic heterocycles. The zero-order chi connectivity index (χ0) is 21.4. The van der Waals surface area contributed by atoms with Gasteiger partial charge in [0.15, 0.2) is 34.2 Å². The molecular formula is C18H2N12. The molecule has 0 amide bonds. The molecule has 12 heteroatoms. The molecule has 134 valence electrons. The van der Waals surface area contributed by atoms with Crippen LogP contribution in [0.4, 0.5) is 11.4 Å². The van der Waals surface area contributed by atoms with Crippen molar-refractivity contribution < 1.29 is 0 Å². The molecule has 2 aromatic heterocycles. The molecule has 3 heterocycles. The fraction of sp³-hybridized carbons (Fsp3) is 0. The Balaban J connectivity index is 2.27. The van der Waals surface area contributed by atoms with Crippen LogP contribution in [0.1, 0.15) is 22.8 Å². The van der Waals surface area contributed by atoms with E-state index >= 15 is 0 Å². The van der Waals surface area contributed by atoms with Gasteiger partial charge in [0.05, 0.1) is 0 Å². The van der Waals surface area contributed by atoms with Crippen LogP contribution in [0.2, 0.25) is 0 Å². The summed E-state index contributed by atoms with van der Waals surface area (Å²) in [6, 6.07) is 7.12. The standard InChI is InChI=1S/C18H2N12/c1-23-17-18(24-2)30-16-14-12(26-8(4-20)10(6-22)28-14)11-13(15(16)29-17)27-9(5-21)7(3-19)25-11/h29-30H. The van der Waals surface area contributed by atoms with Gasteiger partial charge in [-0.2, -0.15) is 21.0 Å². The molecule has 0 radical (unpaired) electrons. The van der Waals surface area contributed by atoms with Gasteiger partial charge in [-0.15, -0.1) is 0 Å². The maximum absolute atomic E-state index is 9.31. The predicted octanol–water partition coefficient (Wildman–Crippen LogP) is 1.86. The van der Waals surface area contributed by atoms with Gasteiger partial charge in [0.2, 0.25) is 11.6 Å². The lowest BCUT2D eigenvalue weighted by atomic mass is 10.1. The second kappa shape index (κ2) is 6.41. The van der Waals surface area contributed by atoms with Crippen molar-refractivity contribution in [3.63, 3.8) is 0 Å². The van der Waals surface area contributed by atoms with Crippen LogP contribution < -0.4 is 10.6 Å². The lowest BCUT2D eigenvalue weighted by Crippen LogP contribution is -2.16. The van der Waals surface area contributed by atoms with Crippen molar-refractivity contribution in [3.05, 3.63) is 57.3 Å². The summed E-state index contributed by atoms with van der Waals surface area (Å²) in [6.45, 7) is 14.6. The van der Waals surface area contributed by atoms with Crippen LogP contribution in [0.15, 0.2) is 11.6 Å². The SMILES string of the molecule is [C-]#[N+]C1=C([N+]#[C-])Nc2c(c3nc(C#N)c(C#N)nc3c3nc(C#N)c(C#N)nc23)N1. The molecule has 0 spiro atoms. The van der Waals surface area contributed by atoms with E-state index in [1.807, 2.05) is 0 Å². The van der Waals surface area contributed by atoms with Crippen LogP contribution in [-0.4, -0.2) is 19.9 Å². The van der Waals surface area contributed by atoms with E-state index < -0.39 is 0 Å². The highest BCUT2D eigenvalue weighted by molar-refractivity contribution is 6.16. The fourth-order valence-electron chi connectivity index (χ4n) is 2.86. The average Bonchev–Trinajstić information content (AvgIpc) is 2.81. The van der Waals surface area contributed by atoms with Crippen molar-refractivity contribution in [2.75, 3.05) is 10.6 Å².